The minimum atomic E-state index is -1.12. The van der Waals surface area contributed by atoms with Crippen molar-refractivity contribution >= 4 is 11.7 Å². The molecule has 2 atom stereocenters. The molecular weight excluding hydrogens is 512 g/mol. The number of hydrogen-bond donors (Lipinski definition) is 1. The third-order valence-corrected chi connectivity index (χ3v) is 8.58. The number of ketones is 1. The Hall–Kier alpha value is -3.05. The molecule has 2 aromatic carbocycles. The lowest BCUT2D eigenvalue weighted by molar-refractivity contribution is -0.137. The van der Waals surface area contributed by atoms with Gasteiger partial charge in [0.2, 0.25) is 5.91 Å². The Bertz CT molecular complexity index is 1120. The average molecular weight is 559 g/mol. The minimum Gasteiger partial charge on any atom is -0.379 e. The van der Waals surface area contributed by atoms with Crippen LogP contribution in [0.3, 0.4) is 0 Å². The molecule has 41 heavy (non-hydrogen) atoms. The molecule has 1 saturated carbocycles. The highest BCUT2D eigenvalue weighted by Gasteiger charge is 2.38. The SMILES string of the molecule is CN(Cc1ccccc1)CC(C#N)(CCc1ccccc1)NC(=O)C(CC1CCCCC1)C(=O)CN1CCOCC1. The largest absolute Gasteiger partial charge is 0.379 e. The van der Waals surface area contributed by atoms with Crippen molar-refractivity contribution in [3.05, 3.63) is 71.8 Å². The Morgan fingerprint density at radius 1 is 1.02 bits per heavy atom. The van der Waals surface area contributed by atoms with Crippen LogP contribution >= 0.6 is 0 Å². The fourth-order valence-corrected chi connectivity index (χ4v) is 6.27. The van der Waals surface area contributed by atoms with Crippen molar-refractivity contribution in [3.63, 3.8) is 0 Å². The summed E-state index contributed by atoms with van der Waals surface area (Å²) in [5.74, 6) is -0.710. The maximum atomic E-state index is 14.1. The van der Waals surface area contributed by atoms with Crippen LogP contribution in [0, 0.1) is 23.2 Å². The first-order valence-corrected chi connectivity index (χ1v) is 15.3. The van der Waals surface area contributed by atoms with Gasteiger partial charge in [-0.15, -0.1) is 0 Å². The number of carbonyl (C=O) groups excluding carboxylic acids is 2. The van der Waals surface area contributed by atoms with Crippen molar-refractivity contribution in [2.24, 2.45) is 11.8 Å². The van der Waals surface area contributed by atoms with Gasteiger partial charge in [-0.3, -0.25) is 19.4 Å². The van der Waals surface area contributed by atoms with E-state index in [0.29, 0.717) is 64.6 Å². The highest BCUT2D eigenvalue weighted by atomic mass is 16.5. The summed E-state index contributed by atoms with van der Waals surface area (Å²) in [6, 6.07) is 22.7. The first kappa shape index (κ1) is 30.9. The number of nitrogens with zero attached hydrogens (tertiary/aromatic N) is 3. The van der Waals surface area contributed by atoms with E-state index in [4.69, 9.17) is 4.74 Å². The molecule has 4 rings (SSSR count). The van der Waals surface area contributed by atoms with Crippen molar-refractivity contribution in [1.29, 1.82) is 5.26 Å². The molecule has 1 N–H and O–H groups in total. The lowest BCUT2D eigenvalue weighted by Crippen LogP contribution is -2.57. The maximum Gasteiger partial charge on any atom is 0.231 e. The fraction of sp³-hybridized carbons (Fsp3) is 0.559. The van der Waals surface area contributed by atoms with Gasteiger partial charge in [-0.05, 0) is 43.4 Å². The second-order valence-electron chi connectivity index (χ2n) is 12.0. The van der Waals surface area contributed by atoms with Gasteiger partial charge in [0.25, 0.3) is 0 Å². The van der Waals surface area contributed by atoms with Crippen LogP contribution in [0.1, 0.15) is 56.1 Å². The lowest BCUT2D eigenvalue weighted by atomic mass is 9.80. The van der Waals surface area contributed by atoms with Crippen molar-refractivity contribution in [2.75, 3.05) is 46.4 Å². The van der Waals surface area contributed by atoms with Gasteiger partial charge in [0, 0.05) is 26.2 Å². The summed E-state index contributed by atoms with van der Waals surface area (Å²) in [6.45, 7) is 3.90. The highest BCUT2D eigenvalue weighted by molar-refractivity contribution is 6.02. The van der Waals surface area contributed by atoms with Crippen LogP contribution in [0.2, 0.25) is 0 Å². The van der Waals surface area contributed by atoms with Crippen molar-refractivity contribution in [2.45, 2.75) is 63.5 Å². The molecule has 0 spiro atoms. The maximum absolute atomic E-state index is 14.1. The average Bonchev–Trinajstić information content (AvgIpc) is 3.00. The molecule has 7 heteroatoms. The number of rotatable bonds is 14. The number of likely N-dealkylation sites (N-methyl/N-ethyl adjacent to an activating group) is 1. The molecule has 1 amide bonds. The van der Waals surface area contributed by atoms with Gasteiger partial charge in [0.05, 0.1) is 31.7 Å². The summed E-state index contributed by atoms with van der Waals surface area (Å²) in [5, 5.41) is 13.8. The predicted molar refractivity (Wildman–Crippen MR) is 161 cm³/mol. The van der Waals surface area contributed by atoms with E-state index in [1.54, 1.807) is 0 Å². The molecule has 2 aromatic rings. The third kappa shape index (κ3) is 9.78. The molecule has 2 unspecified atom stereocenters. The van der Waals surface area contributed by atoms with Crippen LogP contribution in [0.5, 0.6) is 0 Å². The molecule has 7 nitrogen and oxygen atoms in total. The number of amides is 1. The summed E-state index contributed by atoms with van der Waals surface area (Å²) in [6.07, 6.45) is 7.34. The normalized spacial score (nSPS) is 18.8. The number of hydrogen-bond acceptors (Lipinski definition) is 6. The van der Waals surface area contributed by atoms with E-state index in [2.05, 4.69) is 45.5 Å². The monoisotopic (exact) mass is 558 g/mol. The number of benzene rings is 2. The lowest BCUT2D eigenvalue weighted by Gasteiger charge is -2.35. The van der Waals surface area contributed by atoms with Gasteiger partial charge < -0.3 is 10.1 Å². The Kier molecular flexibility index (Phi) is 11.9. The number of aryl methyl sites for hydroxylation is 1. The van der Waals surface area contributed by atoms with Crippen LogP contribution in [0.15, 0.2) is 60.7 Å². The molecule has 2 aliphatic rings. The number of Topliss-reactive ketones (excluding diaryl/α,β-unsaturated/α-hetero) is 1. The molecular formula is C34H46N4O3. The first-order chi connectivity index (χ1) is 20.0. The highest BCUT2D eigenvalue weighted by Crippen LogP contribution is 2.30. The molecule has 2 fully saturated rings. The molecule has 0 aromatic heterocycles. The summed E-state index contributed by atoms with van der Waals surface area (Å²) in [5.41, 5.74) is 1.14. The second kappa shape index (κ2) is 15.8. The van der Waals surface area contributed by atoms with E-state index in [1.807, 2.05) is 43.4 Å². The Morgan fingerprint density at radius 3 is 2.29 bits per heavy atom. The van der Waals surface area contributed by atoms with E-state index in [-0.39, 0.29) is 18.2 Å². The van der Waals surface area contributed by atoms with E-state index in [9.17, 15) is 14.9 Å². The van der Waals surface area contributed by atoms with Gasteiger partial charge in [-0.2, -0.15) is 5.26 Å². The van der Waals surface area contributed by atoms with Crippen molar-refractivity contribution in [1.82, 2.24) is 15.1 Å². The standard InChI is InChI=1S/C34H46N4O3/c1-37(24-30-15-9-4-10-16-30)27-34(26-35,18-17-28-11-5-2-6-12-28)36-33(40)31(23-29-13-7-3-8-14-29)32(39)25-38-19-21-41-22-20-38/h2,4-6,9-12,15-16,29,31H,3,7-8,13-14,17-25,27H2,1H3,(H,36,40). The van der Waals surface area contributed by atoms with Crippen LogP contribution in [-0.2, 0) is 27.3 Å². The molecule has 1 aliphatic heterocycles. The molecule has 220 valence electrons. The fourth-order valence-electron chi connectivity index (χ4n) is 6.27. The van der Waals surface area contributed by atoms with Gasteiger partial charge in [-0.1, -0.05) is 92.8 Å². The summed E-state index contributed by atoms with van der Waals surface area (Å²) in [4.78, 5) is 32.0. The number of nitriles is 1. The number of carbonyl (C=O) groups is 2. The number of morpholine rings is 1. The van der Waals surface area contributed by atoms with Gasteiger partial charge >= 0.3 is 0 Å². The van der Waals surface area contributed by atoms with Crippen LogP contribution < -0.4 is 5.32 Å². The zero-order valence-corrected chi connectivity index (χ0v) is 24.6. The van der Waals surface area contributed by atoms with Crippen LogP contribution in [-0.4, -0.2) is 73.5 Å². The molecule has 0 radical (unpaired) electrons. The quantitative estimate of drug-likeness (QED) is 0.341. The molecule has 1 heterocycles. The van der Waals surface area contributed by atoms with Crippen molar-refractivity contribution in [3.8, 4) is 6.07 Å². The smallest absolute Gasteiger partial charge is 0.231 e. The van der Waals surface area contributed by atoms with Gasteiger partial charge in [0.1, 0.15) is 5.54 Å². The predicted octanol–water partition coefficient (Wildman–Crippen LogP) is 4.62. The van der Waals surface area contributed by atoms with Crippen LogP contribution in [0.25, 0.3) is 0 Å². The van der Waals surface area contributed by atoms with Crippen molar-refractivity contribution < 1.29 is 14.3 Å². The summed E-state index contributed by atoms with van der Waals surface area (Å²) in [7, 11) is 1.98. The van der Waals surface area contributed by atoms with E-state index < -0.39 is 11.5 Å². The first-order valence-electron chi connectivity index (χ1n) is 15.3. The second-order valence-corrected chi connectivity index (χ2v) is 12.0. The zero-order valence-electron chi connectivity index (χ0n) is 24.6. The van der Waals surface area contributed by atoms with Gasteiger partial charge in [-0.25, -0.2) is 0 Å². The zero-order chi connectivity index (χ0) is 28.9. The number of ether oxygens (including phenoxy) is 1. The Labute approximate surface area is 245 Å². The Morgan fingerprint density at radius 2 is 1.66 bits per heavy atom. The third-order valence-electron chi connectivity index (χ3n) is 8.58. The van der Waals surface area contributed by atoms with Gasteiger partial charge in [0.15, 0.2) is 5.78 Å². The summed E-state index contributed by atoms with van der Waals surface area (Å²) < 4.78 is 5.46. The topological polar surface area (TPSA) is 85.7 Å². The van der Waals surface area contributed by atoms with E-state index in [0.717, 1.165) is 36.8 Å². The molecule has 1 aliphatic carbocycles. The Balaban J connectivity index is 1.53. The number of nitrogens with one attached hydrogen (secondary N) is 1. The molecule has 1 saturated heterocycles. The van der Waals surface area contributed by atoms with E-state index in [1.165, 1.54) is 6.42 Å². The summed E-state index contributed by atoms with van der Waals surface area (Å²) >= 11 is 0. The minimum absolute atomic E-state index is 0.0393. The van der Waals surface area contributed by atoms with E-state index >= 15 is 0 Å². The molecule has 0 bridgehead atoms. The van der Waals surface area contributed by atoms with Crippen LogP contribution in [0.4, 0.5) is 0 Å².